The molecule has 2 heteroatoms. The van der Waals surface area contributed by atoms with Gasteiger partial charge in [-0.2, -0.15) is 0 Å². The van der Waals surface area contributed by atoms with Gasteiger partial charge < -0.3 is 5.32 Å². The zero-order chi connectivity index (χ0) is 15.5. The van der Waals surface area contributed by atoms with E-state index in [2.05, 4.69) is 73.5 Å². The van der Waals surface area contributed by atoms with Crippen LogP contribution in [-0.2, 0) is 0 Å². The second kappa shape index (κ2) is 6.64. The molecule has 1 saturated heterocycles. The largest absolute Gasteiger partial charge is 0.314 e. The predicted molar refractivity (Wildman–Crippen MR) is 93.4 cm³/mol. The van der Waals surface area contributed by atoms with E-state index >= 15 is 0 Å². The van der Waals surface area contributed by atoms with Gasteiger partial charge in [0.15, 0.2) is 0 Å². The molecule has 1 fully saturated rings. The van der Waals surface area contributed by atoms with Crippen LogP contribution < -0.4 is 5.32 Å². The first kappa shape index (κ1) is 15.3. The highest BCUT2D eigenvalue weighted by Crippen LogP contribution is 2.31. The summed E-state index contributed by atoms with van der Waals surface area (Å²) in [6.07, 6.45) is 0. The van der Waals surface area contributed by atoms with Crippen molar-refractivity contribution in [3.63, 3.8) is 0 Å². The number of hydrogen-bond acceptors (Lipinski definition) is 2. The lowest BCUT2D eigenvalue weighted by Crippen LogP contribution is -2.45. The highest BCUT2D eigenvalue weighted by molar-refractivity contribution is 5.39. The quantitative estimate of drug-likeness (QED) is 0.930. The van der Waals surface area contributed by atoms with Gasteiger partial charge in [-0.3, -0.25) is 4.90 Å². The van der Waals surface area contributed by atoms with E-state index in [4.69, 9.17) is 0 Å². The van der Waals surface area contributed by atoms with Crippen molar-refractivity contribution in [2.45, 2.75) is 26.8 Å². The third kappa shape index (κ3) is 3.23. The van der Waals surface area contributed by atoms with Gasteiger partial charge in [-0.25, -0.2) is 0 Å². The molecule has 0 spiro atoms. The third-order valence-corrected chi connectivity index (χ3v) is 4.63. The molecule has 2 aromatic rings. The number of hydrogen-bond donors (Lipinski definition) is 1. The fourth-order valence-electron chi connectivity index (χ4n) is 3.41. The minimum Gasteiger partial charge on any atom is -0.314 e. The summed E-state index contributed by atoms with van der Waals surface area (Å²) in [6, 6.07) is 16.3. The molecule has 0 aromatic heterocycles. The van der Waals surface area contributed by atoms with Crippen LogP contribution in [0.25, 0.3) is 0 Å². The minimum atomic E-state index is 0.364. The summed E-state index contributed by atoms with van der Waals surface area (Å²) in [5, 5.41) is 3.46. The van der Waals surface area contributed by atoms with Gasteiger partial charge in [0.05, 0.1) is 6.04 Å². The second-order valence-corrected chi connectivity index (χ2v) is 6.46. The number of benzene rings is 2. The summed E-state index contributed by atoms with van der Waals surface area (Å²) in [5.41, 5.74) is 6.90. The van der Waals surface area contributed by atoms with Gasteiger partial charge in [-0.05, 0) is 37.5 Å². The van der Waals surface area contributed by atoms with Crippen molar-refractivity contribution >= 4 is 0 Å². The Balaban J connectivity index is 2.03. The van der Waals surface area contributed by atoms with Crippen LogP contribution in [0.15, 0.2) is 42.5 Å². The van der Waals surface area contributed by atoms with Crippen molar-refractivity contribution in [1.29, 1.82) is 0 Å². The number of aryl methyl sites for hydroxylation is 3. The summed E-state index contributed by atoms with van der Waals surface area (Å²) >= 11 is 0. The van der Waals surface area contributed by atoms with Crippen molar-refractivity contribution in [3.05, 3.63) is 70.3 Å². The van der Waals surface area contributed by atoms with Crippen LogP contribution in [0.3, 0.4) is 0 Å². The van der Waals surface area contributed by atoms with E-state index in [0.29, 0.717) is 6.04 Å². The summed E-state index contributed by atoms with van der Waals surface area (Å²) in [4.78, 5) is 2.61. The van der Waals surface area contributed by atoms with E-state index in [0.717, 1.165) is 26.2 Å². The number of nitrogens with one attached hydrogen (secondary N) is 1. The van der Waals surface area contributed by atoms with Crippen LogP contribution in [0.4, 0.5) is 0 Å². The molecule has 0 radical (unpaired) electrons. The molecule has 0 aliphatic carbocycles. The van der Waals surface area contributed by atoms with Crippen LogP contribution in [0.2, 0.25) is 0 Å². The van der Waals surface area contributed by atoms with Gasteiger partial charge in [0.1, 0.15) is 0 Å². The maximum absolute atomic E-state index is 3.46. The highest BCUT2D eigenvalue weighted by atomic mass is 15.2. The fraction of sp³-hybridized carbons (Fsp3) is 0.400. The number of nitrogens with zero attached hydrogens (tertiary/aromatic N) is 1. The summed E-state index contributed by atoms with van der Waals surface area (Å²) in [7, 11) is 0. The average molecular weight is 294 g/mol. The van der Waals surface area contributed by atoms with Crippen molar-refractivity contribution < 1.29 is 0 Å². The summed E-state index contributed by atoms with van der Waals surface area (Å²) in [5.74, 6) is 0. The normalized spacial score (nSPS) is 17.4. The fourth-order valence-corrected chi connectivity index (χ4v) is 3.41. The van der Waals surface area contributed by atoms with E-state index in [1.165, 1.54) is 27.8 Å². The van der Waals surface area contributed by atoms with Gasteiger partial charge in [0, 0.05) is 26.2 Å². The molecule has 0 saturated carbocycles. The van der Waals surface area contributed by atoms with Gasteiger partial charge in [-0.15, -0.1) is 0 Å². The zero-order valence-electron chi connectivity index (χ0n) is 13.9. The van der Waals surface area contributed by atoms with Crippen molar-refractivity contribution in [3.8, 4) is 0 Å². The Kier molecular flexibility index (Phi) is 4.60. The molecule has 1 atom stereocenters. The van der Waals surface area contributed by atoms with Gasteiger partial charge in [0.25, 0.3) is 0 Å². The first-order chi connectivity index (χ1) is 10.6. The predicted octanol–water partition coefficient (Wildman–Crippen LogP) is 3.61. The van der Waals surface area contributed by atoms with Gasteiger partial charge >= 0.3 is 0 Å². The molecular formula is C20H26N2. The third-order valence-electron chi connectivity index (χ3n) is 4.63. The van der Waals surface area contributed by atoms with Crippen LogP contribution >= 0.6 is 0 Å². The molecule has 0 bridgehead atoms. The maximum atomic E-state index is 3.46. The number of rotatable bonds is 3. The molecule has 3 rings (SSSR count). The van der Waals surface area contributed by atoms with Crippen molar-refractivity contribution in [2.75, 3.05) is 26.2 Å². The molecule has 1 unspecified atom stereocenters. The molecule has 116 valence electrons. The Morgan fingerprint density at radius 2 is 1.50 bits per heavy atom. The van der Waals surface area contributed by atoms with Gasteiger partial charge in [-0.1, -0.05) is 53.6 Å². The lowest BCUT2D eigenvalue weighted by molar-refractivity contribution is 0.198. The Hall–Kier alpha value is -1.64. The molecule has 22 heavy (non-hydrogen) atoms. The molecule has 2 aromatic carbocycles. The monoisotopic (exact) mass is 294 g/mol. The lowest BCUT2D eigenvalue weighted by atomic mass is 9.91. The van der Waals surface area contributed by atoms with E-state index < -0.39 is 0 Å². The molecule has 0 amide bonds. The first-order valence-electron chi connectivity index (χ1n) is 8.23. The molecule has 1 heterocycles. The maximum Gasteiger partial charge on any atom is 0.0605 e. The first-order valence-corrected chi connectivity index (χ1v) is 8.23. The smallest absolute Gasteiger partial charge is 0.0605 e. The molecule has 1 aliphatic rings. The van der Waals surface area contributed by atoms with Crippen LogP contribution in [0, 0.1) is 20.8 Å². The highest BCUT2D eigenvalue weighted by Gasteiger charge is 2.24. The summed E-state index contributed by atoms with van der Waals surface area (Å²) in [6.45, 7) is 10.9. The van der Waals surface area contributed by atoms with E-state index in [1.54, 1.807) is 0 Å². The standard InChI is InChI=1S/C20H26N2/c1-15-4-7-18(8-5-15)20(22-12-10-21-11-13-22)19-9-6-16(2)14-17(19)3/h4-9,14,20-21H,10-13H2,1-3H3. The SMILES string of the molecule is Cc1ccc(C(c2ccc(C)cc2C)N2CCNCC2)cc1. The molecule has 1 aliphatic heterocycles. The Labute approximate surface area is 134 Å². The van der Waals surface area contributed by atoms with Gasteiger partial charge in [0.2, 0.25) is 0 Å². The Morgan fingerprint density at radius 3 is 2.14 bits per heavy atom. The number of piperazine rings is 1. The topological polar surface area (TPSA) is 15.3 Å². The van der Waals surface area contributed by atoms with E-state index in [9.17, 15) is 0 Å². The van der Waals surface area contributed by atoms with E-state index in [-0.39, 0.29) is 0 Å². The minimum absolute atomic E-state index is 0.364. The van der Waals surface area contributed by atoms with Crippen LogP contribution in [0.5, 0.6) is 0 Å². The zero-order valence-corrected chi connectivity index (χ0v) is 13.9. The lowest BCUT2D eigenvalue weighted by Gasteiger charge is -2.36. The molecule has 1 N–H and O–H groups in total. The summed E-state index contributed by atoms with van der Waals surface area (Å²) < 4.78 is 0. The average Bonchev–Trinajstić information content (AvgIpc) is 2.52. The van der Waals surface area contributed by atoms with Crippen molar-refractivity contribution in [2.24, 2.45) is 0 Å². The Morgan fingerprint density at radius 1 is 0.864 bits per heavy atom. The van der Waals surface area contributed by atoms with Crippen LogP contribution in [-0.4, -0.2) is 31.1 Å². The molecule has 2 nitrogen and oxygen atoms in total. The van der Waals surface area contributed by atoms with Crippen LogP contribution in [0.1, 0.15) is 33.9 Å². The van der Waals surface area contributed by atoms with E-state index in [1.807, 2.05) is 0 Å². The second-order valence-electron chi connectivity index (χ2n) is 6.46. The Bertz CT molecular complexity index is 625. The van der Waals surface area contributed by atoms with Crippen molar-refractivity contribution in [1.82, 2.24) is 10.2 Å². The molecular weight excluding hydrogens is 268 g/mol.